The molecule has 11 heavy (non-hydrogen) atoms. The predicted octanol–water partition coefficient (Wildman–Crippen LogP) is 0.925. The summed E-state index contributed by atoms with van der Waals surface area (Å²) in [6.07, 6.45) is 0. The molecule has 0 aromatic rings. The molecule has 0 aliphatic heterocycles. The van der Waals surface area contributed by atoms with Crippen LogP contribution < -0.4 is 0 Å². The molecule has 0 aromatic heterocycles. The number of hydrogen-bond donors (Lipinski definition) is 0. The van der Waals surface area contributed by atoms with E-state index in [1.165, 1.54) is 0 Å². The Bertz CT molecular complexity index is 185. The monoisotopic (exact) mass is 196 g/mol. The van der Waals surface area contributed by atoms with Gasteiger partial charge in [-0.25, -0.2) is 0 Å². The smallest absolute Gasteiger partial charge is 0.377 e. The zero-order chi connectivity index (χ0) is 8.91. The highest BCUT2D eigenvalue weighted by atomic mass is 32.3. The van der Waals surface area contributed by atoms with E-state index in [1.807, 2.05) is 13.8 Å². The van der Waals surface area contributed by atoms with Crippen molar-refractivity contribution in [2.24, 2.45) is 0 Å². The highest BCUT2D eigenvalue weighted by Gasteiger charge is 2.23. The molecule has 0 saturated carbocycles. The van der Waals surface area contributed by atoms with Crippen molar-refractivity contribution < 1.29 is 15.8 Å². The molecule has 0 heterocycles. The van der Waals surface area contributed by atoms with Gasteiger partial charge in [-0.1, -0.05) is 24.4 Å². The fourth-order valence-electron chi connectivity index (χ4n) is 0.631. The molecule has 0 N–H and O–H groups in total. The molecule has 0 atom stereocenters. The molecule has 6 heteroatoms. The van der Waals surface area contributed by atoms with Crippen LogP contribution in [0, 0.1) is 0 Å². The van der Waals surface area contributed by atoms with E-state index >= 15 is 0 Å². The zero-order valence-corrected chi connectivity index (χ0v) is 9.00. The van der Waals surface area contributed by atoms with Gasteiger partial charge in [0.05, 0.1) is 7.11 Å². The van der Waals surface area contributed by atoms with Crippen molar-refractivity contribution in [2.45, 2.75) is 24.4 Å². The summed E-state index contributed by atoms with van der Waals surface area (Å²) < 4.78 is 30.4. The second kappa shape index (κ2) is 5.12. The van der Waals surface area contributed by atoms with Gasteiger partial charge in [0.15, 0.2) is 0 Å². The SMILES string of the molecule is C[CH2][Al]([CH2]C)[O]S(=O)(=O)OC. The molecule has 0 radical (unpaired) electrons. The van der Waals surface area contributed by atoms with Crippen LogP contribution in [0.1, 0.15) is 13.8 Å². The molecule has 0 spiro atoms. The maximum absolute atomic E-state index is 10.7. The average molecular weight is 196 g/mol. The molecule has 0 saturated heterocycles. The van der Waals surface area contributed by atoms with E-state index < -0.39 is 24.9 Å². The van der Waals surface area contributed by atoms with Gasteiger partial charge in [-0.2, -0.15) is 8.42 Å². The van der Waals surface area contributed by atoms with E-state index in [9.17, 15) is 8.42 Å². The van der Waals surface area contributed by atoms with Crippen LogP contribution in [0.25, 0.3) is 0 Å². The van der Waals surface area contributed by atoms with E-state index in [1.54, 1.807) is 0 Å². The third-order valence-electron chi connectivity index (χ3n) is 1.37. The first kappa shape index (κ1) is 11.4. The lowest BCUT2D eigenvalue weighted by molar-refractivity contribution is 0.331. The molecule has 4 nitrogen and oxygen atoms in total. The van der Waals surface area contributed by atoms with Crippen LogP contribution in [0.15, 0.2) is 0 Å². The Morgan fingerprint density at radius 2 is 1.73 bits per heavy atom. The molecule has 0 aromatic carbocycles. The molecule has 66 valence electrons. The molecule has 0 amide bonds. The van der Waals surface area contributed by atoms with Crippen LogP contribution in [-0.2, 0) is 17.8 Å². The highest BCUT2D eigenvalue weighted by Crippen LogP contribution is 2.05. The van der Waals surface area contributed by atoms with Crippen LogP contribution in [0.4, 0.5) is 0 Å². The normalized spacial score (nSPS) is 11.5. The lowest BCUT2D eigenvalue weighted by Crippen LogP contribution is -2.21. The first-order valence-electron chi connectivity index (χ1n) is 3.54. The van der Waals surface area contributed by atoms with Gasteiger partial charge in [-0.05, 0) is 0 Å². The van der Waals surface area contributed by atoms with Crippen molar-refractivity contribution in [3.8, 4) is 0 Å². The summed E-state index contributed by atoms with van der Waals surface area (Å²) in [5.41, 5.74) is 0. The number of rotatable bonds is 5. The predicted molar refractivity (Wildman–Crippen MR) is 43.7 cm³/mol. The maximum atomic E-state index is 10.7. The average Bonchev–Trinajstić information content (AvgIpc) is 2.00. The third-order valence-corrected chi connectivity index (χ3v) is 5.63. The molecule has 0 aliphatic carbocycles. The van der Waals surface area contributed by atoms with Gasteiger partial charge in [0.1, 0.15) is 0 Å². The summed E-state index contributed by atoms with van der Waals surface area (Å²) in [4.78, 5) is 0. The molecular weight excluding hydrogens is 183 g/mol. The summed E-state index contributed by atoms with van der Waals surface area (Å²) >= 11 is -1.55. The van der Waals surface area contributed by atoms with Gasteiger partial charge in [0, 0.05) is 0 Å². The summed E-state index contributed by atoms with van der Waals surface area (Å²) in [6.45, 7) is 3.84. The fraction of sp³-hybridized carbons (Fsp3) is 1.00. The van der Waals surface area contributed by atoms with E-state index in [4.69, 9.17) is 3.23 Å². The van der Waals surface area contributed by atoms with Crippen LogP contribution in [0.3, 0.4) is 0 Å². The Morgan fingerprint density at radius 3 is 2.00 bits per heavy atom. The Morgan fingerprint density at radius 1 is 1.27 bits per heavy atom. The molecule has 0 fully saturated rings. The molecular formula is C5H13AlO4S. The van der Waals surface area contributed by atoms with Gasteiger partial charge >= 0.3 is 24.9 Å². The Labute approximate surface area is 72.6 Å². The minimum absolute atomic E-state index is 0.805. The van der Waals surface area contributed by atoms with E-state index in [-0.39, 0.29) is 0 Å². The van der Waals surface area contributed by atoms with Crippen molar-refractivity contribution in [1.82, 2.24) is 0 Å². The Kier molecular flexibility index (Phi) is 5.31. The molecule has 0 bridgehead atoms. The summed E-state index contributed by atoms with van der Waals surface area (Å²) in [5.74, 6) is 0. The van der Waals surface area contributed by atoms with Gasteiger partial charge in [0.2, 0.25) is 0 Å². The van der Waals surface area contributed by atoms with E-state index in [2.05, 4.69) is 4.18 Å². The van der Waals surface area contributed by atoms with Crippen LogP contribution in [-0.4, -0.2) is 30.0 Å². The second-order valence-corrected chi connectivity index (χ2v) is 6.91. The summed E-state index contributed by atoms with van der Waals surface area (Å²) in [7, 11) is -2.58. The van der Waals surface area contributed by atoms with Crippen LogP contribution in [0.5, 0.6) is 0 Å². The topological polar surface area (TPSA) is 52.6 Å². The molecule has 0 aliphatic rings. The lowest BCUT2D eigenvalue weighted by atomic mass is 10.9. The van der Waals surface area contributed by atoms with E-state index in [0.717, 1.165) is 17.7 Å². The van der Waals surface area contributed by atoms with E-state index in [0.29, 0.717) is 0 Å². The summed E-state index contributed by atoms with van der Waals surface area (Å²) in [6, 6.07) is 0. The second-order valence-electron chi connectivity index (χ2n) is 2.11. The Balaban J connectivity index is 4.01. The van der Waals surface area contributed by atoms with Gasteiger partial charge in [0.25, 0.3) is 0 Å². The van der Waals surface area contributed by atoms with Crippen LogP contribution >= 0.6 is 0 Å². The largest absolute Gasteiger partial charge is 0.487 e. The van der Waals surface area contributed by atoms with Gasteiger partial charge < -0.3 is 3.23 Å². The third kappa shape index (κ3) is 4.77. The van der Waals surface area contributed by atoms with Crippen molar-refractivity contribution in [3.05, 3.63) is 0 Å². The minimum Gasteiger partial charge on any atom is -0.377 e. The number of hydrogen-bond acceptors (Lipinski definition) is 4. The Hall–Kier alpha value is 0.402. The van der Waals surface area contributed by atoms with Crippen molar-refractivity contribution in [1.29, 1.82) is 0 Å². The highest BCUT2D eigenvalue weighted by molar-refractivity contribution is 7.82. The van der Waals surface area contributed by atoms with Crippen molar-refractivity contribution >= 4 is 24.9 Å². The van der Waals surface area contributed by atoms with Crippen molar-refractivity contribution in [2.75, 3.05) is 7.11 Å². The standard InChI is InChI=1S/2C2H5.CH4O4S.Al/c2*1-2;1-5-6(2,3)4;/h2*1H2,2H3;1H3,(H,2,3,4);/q;;;+1/p-1. The fourth-order valence-corrected chi connectivity index (χ4v) is 3.94. The lowest BCUT2D eigenvalue weighted by Gasteiger charge is -2.06. The first-order chi connectivity index (χ1) is 5.05. The molecule has 0 unspecified atom stereocenters. The zero-order valence-electron chi connectivity index (χ0n) is 7.03. The van der Waals surface area contributed by atoms with Gasteiger partial charge in [-0.15, -0.1) is 0 Å². The maximum Gasteiger partial charge on any atom is 0.487 e. The summed E-state index contributed by atoms with van der Waals surface area (Å²) in [5, 5.41) is 1.61. The van der Waals surface area contributed by atoms with Crippen LogP contribution in [0.2, 0.25) is 10.6 Å². The minimum atomic E-state index is -3.68. The first-order valence-corrected chi connectivity index (χ1v) is 6.98. The van der Waals surface area contributed by atoms with Gasteiger partial charge in [-0.3, -0.25) is 4.18 Å². The van der Waals surface area contributed by atoms with Crippen molar-refractivity contribution in [3.63, 3.8) is 0 Å². The molecule has 0 rings (SSSR count). The quantitative estimate of drug-likeness (QED) is 0.614.